The topological polar surface area (TPSA) is 83.2 Å². The Hall–Kier alpha value is -3.30. The molecule has 0 amide bonds. The largest absolute Gasteiger partial charge is 0.497 e. The van der Waals surface area contributed by atoms with Crippen molar-refractivity contribution in [1.29, 1.82) is 5.26 Å². The molecule has 5 nitrogen and oxygen atoms in total. The van der Waals surface area contributed by atoms with Crippen LogP contribution in [-0.4, -0.2) is 23.2 Å². The lowest BCUT2D eigenvalue weighted by molar-refractivity contribution is -0.136. The van der Waals surface area contributed by atoms with Crippen molar-refractivity contribution in [3.05, 3.63) is 77.9 Å². The number of hydrogen-bond acceptors (Lipinski definition) is 5. The second-order valence-electron chi connectivity index (χ2n) is 5.64. The fourth-order valence-electron chi connectivity index (χ4n) is 2.54. The van der Waals surface area contributed by atoms with Crippen molar-refractivity contribution in [2.45, 2.75) is 10.3 Å². The van der Waals surface area contributed by atoms with Crippen LogP contribution in [0.25, 0.3) is 11.3 Å². The molecule has 6 heteroatoms. The lowest BCUT2D eigenvalue weighted by Gasteiger charge is -2.13. The lowest BCUT2D eigenvalue weighted by Crippen LogP contribution is -2.08. The number of methoxy groups -OCH3 is 1. The van der Waals surface area contributed by atoms with E-state index in [0.29, 0.717) is 21.8 Å². The van der Waals surface area contributed by atoms with Crippen LogP contribution in [0.1, 0.15) is 16.4 Å². The van der Waals surface area contributed by atoms with Crippen molar-refractivity contribution in [2.75, 3.05) is 7.11 Å². The Bertz CT molecular complexity index is 983. The molecule has 1 heterocycles. The molecule has 0 spiro atoms. The Morgan fingerprint density at radius 1 is 1.11 bits per heavy atom. The number of rotatable bonds is 6. The fourth-order valence-corrected chi connectivity index (χ4v) is 3.55. The highest BCUT2D eigenvalue weighted by molar-refractivity contribution is 8.00. The average molecular weight is 376 g/mol. The van der Waals surface area contributed by atoms with E-state index in [4.69, 9.17) is 4.74 Å². The molecule has 27 heavy (non-hydrogen) atoms. The second-order valence-corrected chi connectivity index (χ2v) is 6.73. The molecular weight excluding hydrogens is 360 g/mol. The summed E-state index contributed by atoms with van der Waals surface area (Å²) in [6.45, 7) is 0. The normalized spacial score (nSPS) is 11.4. The van der Waals surface area contributed by atoms with E-state index < -0.39 is 11.2 Å². The molecule has 0 aliphatic carbocycles. The van der Waals surface area contributed by atoms with Gasteiger partial charge in [-0.25, -0.2) is 4.98 Å². The fraction of sp³-hybridized carbons (Fsp3) is 0.0952. The molecule has 1 aromatic heterocycles. The summed E-state index contributed by atoms with van der Waals surface area (Å²) < 4.78 is 5.16. The van der Waals surface area contributed by atoms with E-state index in [0.717, 1.165) is 23.1 Å². The number of nitriles is 1. The van der Waals surface area contributed by atoms with Crippen molar-refractivity contribution >= 4 is 17.7 Å². The van der Waals surface area contributed by atoms with Gasteiger partial charge in [-0.1, -0.05) is 42.1 Å². The molecule has 2 aromatic carbocycles. The number of carbonyl (C=O) groups is 1. The first-order valence-corrected chi connectivity index (χ1v) is 9.00. The van der Waals surface area contributed by atoms with E-state index >= 15 is 0 Å². The maximum atomic E-state index is 11.8. The maximum absolute atomic E-state index is 11.8. The summed E-state index contributed by atoms with van der Waals surface area (Å²) in [5.74, 6) is -0.247. The summed E-state index contributed by atoms with van der Waals surface area (Å²) >= 11 is 1.06. The van der Waals surface area contributed by atoms with Crippen LogP contribution in [0.5, 0.6) is 5.75 Å². The Morgan fingerprint density at radius 2 is 1.81 bits per heavy atom. The van der Waals surface area contributed by atoms with Gasteiger partial charge >= 0.3 is 5.97 Å². The summed E-state index contributed by atoms with van der Waals surface area (Å²) in [6.07, 6.45) is 0. The summed E-state index contributed by atoms with van der Waals surface area (Å²) in [7, 11) is 1.60. The van der Waals surface area contributed by atoms with Crippen LogP contribution in [0.15, 0.2) is 71.8 Å². The number of hydrogen-bond donors (Lipinski definition) is 1. The number of benzene rings is 2. The van der Waals surface area contributed by atoms with Gasteiger partial charge in [-0.15, -0.1) is 0 Å². The number of nitrogens with zero attached hydrogens (tertiary/aromatic N) is 2. The van der Waals surface area contributed by atoms with E-state index in [-0.39, 0.29) is 0 Å². The number of aromatic nitrogens is 1. The standard InChI is InChI=1S/C21H16N2O3S/c1-26-17-10-7-14(8-11-17)18-12-9-16(13-22)20(23-18)27-19(21(24)25)15-5-3-2-4-6-15/h2-12,19H,1H3,(H,24,25)/t19-/m1/s1. The van der Waals surface area contributed by atoms with Crippen molar-refractivity contribution in [3.8, 4) is 23.1 Å². The molecule has 1 N–H and O–H groups in total. The third-order valence-electron chi connectivity index (χ3n) is 3.92. The van der Waals surface area contributed by atoms with Gasteiger partial charge in [-0.2, -0.15) is 5.26 Å². The van der Waals surface area contributed by atoms with E-state index in [1.807, 2.05) is 30.3 Å². The molecule has 0 saturated heterocycles. The predicted molar refractivity (Wildman–Crippen MR) is 104 cm³/mol. The zero-order valence-electron chi connectivity index (χ0n) is 14.5. The van der Waals surface area contributed by atoms with Gasteiger partial charge < -0.3 is 9.84 Å². The summed E-state index contributed by atoms with van der Waals surface area (Å²) in [6, 6.07) is 21.8. The number of ether oxygens (including phenoxy) is 1. The first-order chi connectivity index (χ1) is 13.1. The molecule has 0 bridgehead atoms. The predicted octanol–water partition coefficient (Wildman–Crippen LogP) is 4.55. The Labute approximate surface area is 161 Å². The molecule has 0 saturated carbocycles. The molecule has 0 aliphatic heterocycles. The maximum Gasteiger partial charge on any atom is 0.321 e. The van der Waals surface area contributed by atoms with E-state index in [1.165, 1.54) is 0 Å². The van der Waals surface area contributed by atoms with Crippen molar-refractivity contribution in [2.24, 2.45) is 0 Å². The van der Waals surface area contributed by atoms with Crippen LogP contribution in [0.4, 0.5) is 0 Å². The first kappa shape index (κ1) is 18.5. The number of pyridine rings is 1. The molecular formula is C21H16N2O3S. The molecule has 3 rings (SSSR count). The number of thioether (sulfide) groups is 1. The van der Waals surface area contributed by atoms with Crippen LogP contribution in [0.3, 0.4) is 0 Å². The van der Waals surface area contributed by atoms with Crippen LogP contribution in [0.2, 0.25) is 0 Å². The molecule has 1 atom stereocenters. The van der Waals surface area contributed by atoms with Gasteiger partial charge in [0.15, 0.2) is 0 Å². The van der Waals surface area contributed by atoms with Crippen molar-refractivity contribution in [1.82, 2.24) is 4.98 Å². The SMILES string of the molecule is COc1ccc(-c2ccc(C#N)c(S[C@@H](C(=O)O)c3ccccc3)n2)cc1. The Kier molecular flexibility index (Phi) is 5.74. The van der Waals surface area contributed by atoms with Gasteiger partial charge in [0.2, 0.25) is 0 Å². The van der Waals surface area contributed by atoms with Crippen LogP contribution < -0.4 is 4.74 Å². The minimum absolute atomic E-state index is 0.347. The van der Waals surface area contributed by atoms with Gasteiger partial charge in [-0.05, 0) is 42.0 Å². The molecule has 0 fully saturated rings. The summed E-state index contributed by atoms with van der Waals surface area (Å²) in [5.41, 5.74) is 2.51. The lowest BCUT2D eigenvalue weighted by atomic mass is 10.1. The number of aliphatic carboxylic acids is 1. The average Bonchev–Trinajstić information content (AvgIpc) is 2.72. The minimum Gasteiger partial charge on any atom is -0.497 e. The molecule has 0 unspecified atom stereocenters. The summed E-state index contributed by atoms with van der Waals surface area (Å²) in [4.78, 5) is 16.3. The van der Waals surface area contributed by atoms with Gasteiger partial charge in [0, 0.05) is 5.56 Å². The monoisotopic (exact) mass is 376 g/mol. The molecule has 0 radical (unpaired) electrons. The van der Waals surface area contributed by atoms with Gasteiger partial charge in [0.1, 0.15) is 22.1 Å². The smallest absolute Gasteiger partial charge is 0.321 e. The number of carboxylic acid groups (broad SMARTS) is 1. The third-order valence-corrected chi connectivity index (χ3v) is 5.17. The molecule has 0 aliphatic rings. The molecule has 3 aromatic rings. The zero-order chi connectivity index (χ0) is 19.2. The van der Waals surface area contributed by atoms with Gasteiger partial charge in [0.25, 0.3) is 0 Å². The first-order valence-electron chi connectivity index (χ1n) is 8.12. The van der Waals surface area contributed by atoms with Crippen molar-refractivity contribution < 1.29 is 14.6 Å². The van der Waals surface area contributed by atoms with E-state index in [1.54, 1.807) is 43.5 Å². The second kappa shape index (κ2) is 8.39. The Balaban J connectivity index is 1.98. The Morgan fingerprint density at radius 3 is 2.41 bits per heavy atom. The number of carboxylic acids is 1. The van der Waals surface area contributed by atoms with Gasteiger partial charge in [0.05, 0.1) is 18.4 Å². The van der Waals surface area contributed by atoms with Crippen LogP contribution >= 0.6 is 11.8 Å². The summed E-state index contributed by atoms with van der Waals surface area (Å²) in [5, 5.41) is 18.6. The van der Waals surface area contributed by atoms with Crippen LogP contribution in [0, 0.1) is 11.3 Å². The highest BCUT2D eigenvalue weighted by Crippen LogP contribution is 2.37. The van der Waals surface area contributed by atoms with E-state index in [9.17, 15) is 15.2 Å². The highest BCUT2D eigenvalue weighted by Gasteiger charge is 2.23. The highest BCUT2D eigenvalue weighted by atomic mass is 32.2. The van der Waals surface area contributed by atoms with Crippen LogP contribution in [-0.2, 0) is 4.79 Å². The molecule has 134 valence electrons. The zero-order valence-corrected chi connectivity index (χ0v) is 15.3. The van der Waals surface area contributed by atoms with Gasteiger partial charge in [-0.3, -0.25) is 4.79 Å². The third kappa shape index (κ3) is 4.27. The minimum atomic E-state index is -0.980. The quantitative estimate of drug-likeness (QED) is 0.636. The van der Waals surface area contributed by atoms with Crippen molar-refractivity contribution in [3.63, 3.8) is 0 Å². The van der Waals surface area contributed by atoms with E-state index in [2.05, 4.69) is 11.1 Å².